The van der Waals surface area contributed by atoms with Crippen LogP contribution < -0.4 is 14.5 Å². The van der Waals surface area contributed by atoms with Gasteiger partial charge in [0.1, 0.15) is 11.8 Å². The number of halogens is 3. The normalized spacial score (nSPS) is 15.9. The van der Waals surface area contributed by atoms with Crippen molar-refractivity contribution in [1.29, 1.82) is 0 Å². The molecule has 33 heavy (non-hydrogen) atoms. The number of amides is 2. The van der Waals surface area contributed by atoms with Gasteiger partial charge in [0, 0.05) is 5.56 Å². The number of ether oxygens (including phenoxy) is 1. The van der Waals surface area contributed by atoms with Crippen LogP contribution in [0.1, 0.15) is 28.4 Å². The van der Waals surface area contributed by atoms with E-state index in [4.69, 9.17) is 4.74 Å². The summed E-state index contributed by atoms with van der Waals surface area (Å²) in [6.07, 6.45) is -4.58. The van der Waals surface area contributed by atoms with E-state index >= 15 is 0 Å². The van der Waals surface area contributed by atoms with Crippen LogP contribution in [0.5, 0.6) is 5.75 Å². The zero-order valence-corrected chi connectivity index (χ0v) is 18.0. The third kappa shape index (κ3) is 4.28. The third-order valence-corrected chi connectivity index (χ3v) is 5.57. The topological polar surface area (TPSA) is 49.9 Å². The third-order valence-electron chi connectivity index (χ3n) is 5.57. The Bertz CT molecular complexity index is 1210. The van der Waals surface area contributed by atoms with Crippen LogP contribution in [0.2, 0.25) is 0 Å². The summed E-state index contributed by atoms with van der Waals surface area (Å²) >= 11 is 0. The van der Waals surface area contributed by atoms with E-state index in [9.17, 15) is 22.8 Å². The molecule has 0 saturated carbocycles. The number of carbonyl (C=O) groups is 2. The molecule has 0 radical (unpaired) electrons. The number of carbonyl (C=O) groups excluding carboxylic acids is 2. The minimum absolute atomic E-state index is 0.138. The van der Waals surface area contributed by atoms with Crippen LogP contribution in [0.4, 0.5) is 24.5 Å². The minimum atomic E-state index is -4.58. The molecule has 2 amide bonds. The standard InChI is InChI=1S/C25H21F3N2O3/c1-16-23(31)29(15-17-7-5-10-20(13-17)33-2)21-11-3-4-12-22(21)30(16)24(32)18-8-6-9-19(14-18)25(26,27)28/h3-14,16H,15H2,1-2H3/t16-/m0/s1. The summed E-state index contributed by atoms with van der Waals surface area (Å²) in [5, 5.41) is 0. The summed E-state index contributed by atoms with van der Waals surface area (Å²) in [5.41, 5.74) is 0.735. The van der Waals surface area contributed by atoms with E-state index in [1.165, 1.54) is 17.0 Å². The Hall–Kier alpha value is -3.81. The van der Waals surface area contributed by atoms with Crippen molar-refractivity contribution in [2.45, 2.75) is 25.7 Å². The number of methoxy groups -OCH3 is 1. The summed E-state index contributed by atoms with van der Waals surface area (Å²) in [6.45, 7) is 1.82. The second-order valence-electron chi connectivity index (χ2n) is 7.69. The Kier molecular flexibility index (Phi) is 5.84. The molecule has 1 aliphatic rings. The van der Waals surface area contributed by atoms with Crippen LogP contribution in [0, 0.1) is 0 Å². The zero-order chi connectivity index (χ0) is 23.8. The van der Waals surface area contributed by atoms with Crippen molar-refractivity contribution in [3.63, 3.8) is 0 Å². The highest BCUT2D eigenvalue weighted by Gasteiger charge is 2.39. The molecule has 0 unspecified atom stereocenters. The lowest BCUT2D eigenvalue weighted by Crippen LogP contribution is -2.54. The SMILES string of the molecule is COc1cccc(CN2C(=O)[C@H](C)N(C(=O)c3cccc(C(F)(F)F)c3)c3ccccc32)c1. The van der Waals surface area contributed by atoms with Gasteiger partial charge in [-0.3, -0.25) is 14.5 Å². The summed E-state index contributed by atoms with van der Waals surface area (Å²) in [5.74, 6) is -0.355. The molecule has 4 rings (SSSR count). The molecule has 0 aromatic heterocycles. The highest BCUT2D eigenvalue weighted by Crippen LogP contribution is 2.38. The molecule has 8 heteroatoms. The van der Waals surface area contributed by atoms with Crippen LogP contribution in [0.25, 0.3) is 0 Å². The fraction of sp³-hybridized carbons (Fsp3) is 0.200. The lowest BCUT2D eigenvalue weighted by Gasteiger charge is -2.40. The average Bonchev–Trinajstić information content (AvgIpc) is 2.81. The molecule has 0 spiro atoms. The summed E-state index contributed by atoms with van der Waals surface area (Å²) in [4.78, 5) is 29.5. The van der Waals surface area contributed by atoms with Crippen LogP contribution in [0.15, 0.2) is 72.8 Å². The van der Waals surface area contributed by atoms with Crippen molar-refractivity contribution in [3.8, 4) is 5.75 Å². The Morgan fingerprint density at radius 1 is 0.970 bits per heavy atom. The number of para-hydroxylation sites is 2. The Labute approximate surface area is 189 Å². The maximum atomic E-state index is 13.3. The van der Waals surface area contributed by atoms with Crippen molar-refractivity contribution in [3.05, 3.63) is 89.5 Å². The molecule has 1 aliphatic heterocycles. The fourth-order valence-electron chi connectivity index (χ4n) is 3.93. The molecule has 0 aliphatic carbocycles. The summed E-state index contributed by atoms with van der Waals surface area (Å²) in [7, 11) is 1.56. The van der Waals surface area contributed by atoms with E-state index in [0.717, 1.165) is 17.7 Å². The highest BCUT2D eigenvalue weighted by molar-refractivity contribution is 6.17. The summed E-state index contributed by atoms with van der Waals surface area (Å²) < 4.78 is 44.8. The first-order valence-electron chi connectivity index (χ1n) is 10.2. The van der Waals surface area contributed by atoms with Crippen molar-refractivity contribution in [2.75, 3.05) is 16.9 Å². The van der Waals surface area contributed by atoms with Crippen LogP contribution in [-0.4, -0.2) is 25.0 Å². The van der Waals surface area contributed by atoms with Gasteiger partial charge in [-0.05, 0) is 55.0 Å². The van der Waals surface area contributed by atoms with Gasteiger partial charge < -0.3 is 9.64 Å². The van der Waals surface area contributed by atoms with Gasteiger partial charge in [-0.25, -0.2) is 0 Å². The van der Waals surface area contributed by atoms with Crippen molar-refractivity contribution >= 4 is 23.2 Å². The largest absolute Gasteiger partial charge is 0.497 e. The average molecular weight is 454 g/mol. The molecule has 3 aromatic rings. The molecule has 170 valence electrons. The van der Waals surface area contributed by atoms with Crippen LogP contribution in [0.3, 0.4) is 0 Å². The van der Waals surface area contributed by atoms with Crippen LogP contribution in [-0.2, 0) is 17.5 Å². The number of fused-ring (bicyclic) bond motifs is 1. The predicted octanol–water partition coefficient (Wildman–Crippen LogP) is 5.30. The zero-order valence-electron chi connectivity index (χ0n) is 18.0. The van der Waals surface area contributed by atoms with Gasteiger partial charge in [-0.1, -0.05) is 30.3 Å². The van der Waals surface area contributed by atoms with E-state index in [2.05, 4.69) is 0 Å². The Morgan fingerprint density at radius 3 is 2.36 bits per heavy atom. The quantitative estimate of drug-likeness (QED) is 0.538. The molecule has 0 saturated heterocycles. The molecular formula is C25H21F3N2O3. The van der Waals surface area contributed by atoms with Crippen molar-refractivity contribution < 1.29 is 27.5 Å². The first-order valence-corrected chi connectivity index (χ1v) is 10.2. The van der Waals surface area contributed by atoms with E-state index < -0.39 is 23.7 Å². The molecule has 1 heterocycles. The second-order valence-corrected chi connectivity index (χ2v) is 7.69. The van der Waals surface area contributed by atoms with Gasteiger partial charge in [0.2, 0.25) is 5.91 Å². The van der Waals surface area contributed by atoms with E-state index in [1.54, 1.807) is 49.3 Å². The lowest BCUT2D eigenvalue weighted by molar-refractivity contribution is -0.137. The predicted molar refractivity (Wildman–Crippen MR) is 118 cm³/mol. The fourth-order valence-corrected chi connectivity index (χ4v) is 3.93. The number of alkyl halides is 3. The monoisotopic (exact) mass is 454 g/mol. The van der Waals surface area contributed by atoms with E-state index in [1.807, 2.05) is 18.2 Å². The van der Waals surface area contributed by atoms with E-state index in [-0.39, 0.29) is 18.0 Å². The number of anilines is 2. The molecule has 0 fully saturated rings. The lowest BCUT2D eigenvalue weighted by atomic mass is 10.0. The molecule has 1 atom stereocenters. The molecule has 5 nitrogen and oxygen atoms in total. The Balaban J connectivity index is 1.73. The number of hydrogen-bond acceptors (Lipinski definition) is 3. The molecule has 3 aromatic carbocycles. The van der Waals surface area contributed by atoms with Gasteiger partial charge in [0.25, 0.3) is 5.91 Å². The Morgan fingerprint density at radius 2 is 1.67 bits per heavy atom. The highest BCUT2D eigenvalue weighted by atomic mass is 19.4. The first kappa shape index (κ1) is 22.4. The second kappa shape index (κ2) is 8.61. The first-order chi connectivity index (χ1) is 15.7. The smallest absolute Gasteiger partial charge is 0.416 e. The summed E-state index contributed by atoms with van der Waals surface area (Å²) in [6, 6.07) is 17.5. The van der Waals surface area contributed by atoms with E-state index in [0.29, 0.717) is 17.1 Å². The molecular weight excluding hydrogens is 433 g/mol. The van der Waals surface area contributed by atoms with Gasteiger partial charge in [-0.2, -0.15) is 13.2 Å². The van der Waals surface area contributed by atoms with Gasteiger partial charge >= 0.3 is 6.18 Å². The number of benzene rings is 3. The number of rotatable bonds is 4. The van der Waals surface area contributed by atoms with Crippen molar-refractivity contribution in [1.82, 2.24) is 0 Å². The maximum Gasteiger partial charge on any atom is 0.416 e. The van der Waals surface area contributed by atoms with Crippen LogP contribution >= 0.6 is 0 Å². The van der Waals surface area contributed by atoms with Gasteiger partial charge in [0.05, 0.1) is 30.6 Å². The van der Waals surface area contributed by atoms with Gasteiger partial charge in [-0.15, -0.1) is 0 Å². The minimum Gasteiger partial charge on any atom is -0.497 e. The number of hydrogen-bond donors (Lipinski definition) is 0. The molecule has 0 bridgehead atoms. The maximum absolute atomic E-state index is 13.3. The molecule has 0 N–H and O–H groups in total. The number of nitrogens with zero attached hydrogens (tertiary/aromatic N) is 2. The van der Waals surface area contributed by atoms with Gasteiger partial charge in [0.15, 0.2) is 0 Å². The van der Waals surface area contributed by atoms with Crippen molar-refractivity contribution in [2.24, 2.45) is 0 Å².